The molecular formula is C11H21NO2S. The van der Waals surface area contributed by atoms with Crippen LogP contribution in [0.1, 0.15) is 33.1 Å². The van der Waals surface area contributed by atoms with E-state index in [1.165, 1.54) is 0 Å². The van der Waals surface area contributed by atoms with E-state index in [0.29, 0.717) is 19.4 Å². The Morgan fingerprint density at radius 3 is 2.67 bits per heavy atom. The van der Waals surface area contributed by atoms with Gasteiger partial charge in [0.2, 0.25) is 5.91 Å². The Morgan fingerprint density at radius 1 is 1.53 bits per heavy atom. The summed E-state index contributed by atoms with van der Waals surface area (Å²) in [6.45, 7) is 4.28. The maximum absolute atomic E-state index is 11.7. The largest absolute Gasteiger partial charge is 0.388 e. The minimum atomic E-state index is -0.721. The number of nitrogens with one attached hydrogen (secondary N) is 1. The third-order valence-electron chi connectivity index (χ3n) is 3.21. The van der Waals surface area contributed by atoms with Crippen LogP contribution in [0.3, 0.4) is 0 Å². The van der Waals surface area contributed by atoms with Crippen LogP contribution >= 0.6 is 11.8 Å². The van der Waals surface area contributed by atoms with E-state index >= 15 is 0 Å². The molecule has 0 aromatic rings. The second-order valence-corrected chi connectivity index (χ2v) is 5.36. The maximum Gasteiger partial charge on any atom is 0.224 e. The molecular weight excluding hydrogens is 210 g/mol. The molecule has 0 spiro atoms. The summed E-state index contributed by atoms with van der Waals surface area (Å²) in [4.78, 5) is 11.7. The minimum absolute atomic E-state index is 0.111. The van der Waals surface area contributed by atoms with Crippen LogP contribution in [0.15, 0.2) is 0 Å². The van der Waals surface area contributed by atoms with Crippen molar-refractivity contribution in [2.75, 3.05) is 18.1 Å². The molecule has 2 N–H and O–H groups in total. The number of amides is 1. The summed E-state index contributed by atoms with van der Waals surface area (Å²) in [7, 11) is 0. The van der Waals surface area contributed by atoms with Gasteiger partial charge in [-0.25, -0.2) is 0 Å². The van der Waals surface area contributed by atoms with Crippen molar-refractivity contribution in [3.8, 4) is 0 Å². The lowest BCUT2D eigenvalue weighted by Crippen LogP contribution is -2.44. The quantitative estimate of drug-likeness (QED) is 0.752. The third kappa shape index (κ3) is 3.68. The van der Waals surface area contributed by atoms with E-state index in [2.05, 4.69) is 5.32 Å². The first-order chi connectivity index (χ1) is 7.11. The Labute approximate surface area is 96.0 Å². The molecule has 0 saturated carbocycles. The summed E-state index contributed by atoms with van der Waals surface area (Å²) < 4.78 is 0. The fourth-order valence-corrected chi connectivity index (χ4v) is 2.86. The molecule has 1 unspecified atom stereocenters. The molecule has 0 radical (unpaired) electrons. The molecule has 0 aromatic heterocycles. The number of rotatable bonds is 5. The zero-order valence-electron chi connectivity index (χ0n) is 9.58. The van der Waals surface area contributed by atoms with E-state index < -0.39 is 5.60 Å². The monoisotopic (exact) mass is 231 g/mol. The highest BCUT2D eigenvalue weighted by Gasteiger charge is 2.27. The molecule has 1 aliphatic rings. The van der Waals surface area contributed by atoms with E-state index in [0.717, 1.165) is 17.9 Å². The van der Waals surface area contributed by atoms with Crippen LogP contribution in [0, 0.1) is 5.92 Å². The molecule has 1 fully saturated rings. The van der Waals surface area contributed by atoms with Crippen molar-refractivity contribution in [2.45, 2.75) is 38.7 Å². The second kappa shape index (κ2) is 5.75. The lowest BCUT2D eigenvalue weighted by atomic mass is 9.97. The molecule has 1 saturated heterocycles. The van der Waals surface area contributed by atoms with Crippen molar-refractivity contribution >= 4 is 17.7 Å². The van der Waals surface area contributed by atoms with E-state index in [-0.39, 0.29) is 11.8 Å². The van der Waals surface area contributed by atoms with Gasteiger partial charge in [-0.3, -0.25) is 4.79 Å². The van der Waals surface area contributed by atoms with Crippen molar-refractivity contribution in [1.29, 1.82) is 0 Å². The minimum Gasteiger partial charge on any atom is -0.388 e. The van der Waals surface area contributed by atoms with Gasteiger partial charge >= 0.3 is 0 Å². The van der Waals surface area contributed by atoms with Crippen molar-refractivity contribution in [3.05, 3.63) is 0 Å². The molecule has 1 amide bonds. The van der Waals surface area contributed by atoms with Gasteiger partial charge in [0.1, 0.15) is 0 Å². The highest BCUT2D eigenvalue weighted by atomic mass is 32.2. The number of carbonyl (C=O) groups excluding carboxylic acids is 1. The lowest BCUT2D eigenvalue weighted by molar-refractivity contribution is -0.125. The molecule has 1 aliphatic heterocycles. The number of thioether (sulfide) groups is 1. The fourth-order valence-electron chi connectivity index (χ4n) is 1.64. The highest BCUT2D eigenvalue weighted by molar-refractivity contribution is 7.99. The Kier molecular flexibility index (Phi) is 4.93. The van der Waals surface area contributed by atoms with Crippen LogP contribution in [-0.4, -0.2) is 34.7 Å². The first kappa shape index (κ1) is 12.8. The summed E-state index contributed by atoms with van der Waals surface area (Å²) >= 11 is 1.83. The fraction of sp³-hybridized carbons (Fsp3) is 0.909. The summed E-state index contributed by atoms with van der Waals surface area (Å²) in [6, 6.07) is 0. The van der Waals surface area contributed by atoms with E-state index in [1.54, 1.807) is 0 Å². The number of hydrogen-bond donors (Lipinski definition) is 2. The van der Waals surface area contributed by atoms with Gasteiger partial charge in [0, 0.05) is 18.2 Å². The van der Waals surface area contributed by atoms with E-state index in [4.69, 9.17) is 0 Å². The Balaban J connectivity index is 2.32. The predicted octanol–water partition coefficient (Wildman–Crippen LogP) is 1.41. The van der Waals surface area contributed by atoms with Crippen molar-refractivity contribution in [2.24, 2.45) is 5.92 Å². The third-order valence-corrected chi connectivity index (χ3v) is 4.37. The first-order valence-electron chi connectivity index (χ1n) is 5.69. The van der Waals surface area contributed by atoms with Crippen molar-refractivity contribution in [3.63, 3.8) is 0 Å². The zero-order chi connectivity index (χ0) is 11.3. The van der Waals surface area contributed by atoms with Gasteiger partial charge in [0.15, 0.2) is 0 Å². The molecule has 0 bridgehead atoms. The molecule has 1 atom stereocenters. The predicted molar refractivity (Wildman–Crippen MR) is 64.0 cm³/mol. The van der Waals surface area contributed by atoms with Crippen LogP contribution in [0.2, 0.25) is 0 Å². The Hall–Kier alpha value is -0.220. The van der Waals surface area contributed by atoms with Crippen LogP contribution < -0.4 is 5.32 Å². The maximum atomic E-state index is 11.7. The average Bonchev–Trinajstić information content (AvgIpc) is 2.79. The summed E-state index contributed by atoms with van der Waals surface area (Å²) in [6.07, 6.45) is 2.35. The summed E-state index contributed by atoms with van der Waals surface area (Å²) in [5.41, 5.74) is -0.721. The zero-order valence-corrected chi connectivity index (χ0v) is 10.4. The second-order valence-electron chi connectivity index (χ2n) is 4.21. The number of hydrogen-bond acceptors (Lipinski definition) is 3. The molecule has 0 aromatic carbocycles. The molecule has 15 heavy (non-hydrogen) atoms. The van der Waals surface area contributed by atoms with Crippen LogP contribution in [0.4, 0.5) is 0 Å². The van der Waals surface area contributed by atoms with Gasteiger partial charge in [0.25, 0.3) is 0 Å². The molecule has 1 heterocycles. The molecule has 4 heteroatoms. The van der Waals surface area contributed by atoms with Gasteiger partial charge in [-0.2, -0.15) is 11.8 Å². The van der Waals surface area contributed by atoms with Crippen molar-refractivity contribution in [1.82, 2.24) is 5.32 Å². The Bertz CT molecular complexity index is 211. The van der Waals surface area contributed by atoms with Crippen LogP contribution in [0.5, 0.6) is 0 Å². The van der Waals surface area contributed by atoms with E-state index in [1.807, 2.05) is 25.6 Å². The topological polar surface area (TPSA) is 49.3 Å². The van der Waals surface area contributed by atoms with Crippen molar-refractivity contribution < 1.29 is 9.90 Å². The molecule has 88 valence electrons. The van der Waals surface area contributed by atoms with Gasteiger partial charge in [-0.1, -0.05) is 13.8 Å². The lowest BCUT2D eigenvalue weighted by Gasteiger charge is -2.26. The van der Waals surface area contributed by atoms with Crippen LogP contribution in [0.25, 0.3) is 0 Å². The molecule has 3 nitrogen and oxygen atoms in total. The number of aliphatic hydroxyl groups is 1. The van der Waals surface area contributed by atoms with Gasteiger partial charge in [-0.05, 0) is 25.0 Å². The van der Waals surface area contributed by atoms with Gasteiger partial charge in [0.05, 0.1) is 5.60 Å². The molecule has 1 rings (SSSR count). The number of carbonyl (C=O) groups is 1. The standard InChI is InChI=1S/C11H21NO2S/c1-3-11(14,4-2)8-12-10(13)9-5-6-15-7-9/h9,14H,3-8H2,1-2H3,(H,12,13). The first-order valence-corrected chi connectivity index (χ1v) is 6.84. The smallest absolute Gasteiger partial charge is 0.224 e. The highest BCUT2D eigenvalue weighted by Crippen LogP contribution is 2.23. The van der Waals surface area contributed by atoms with Gasteiger partial charge < -0.3 is 10.4 Å². The Morgan fingerprint density at radius 2 is 2.20 bits per heavy atom. The van der Waals surface area contributed by atoms with Crippen LogP contribution in [-0.2, 0) is 4.79 Å². The summed E-state index contributed by atoms with van der Waals surface area (Å²) in [5, 5.41) is 12.9. The van der Waals surface area contributed by atoms with Gasteiger partial charge in [-0.15, -0.1) is 0 Å². The molecule has 0 aliphatic carbocycles. The SMILES string of the molecule is CCC(O)(CC)CNC(=O)C1CCSC1. The average molecular weight is 231 g/mol. The van der Waals surface area contributed by atoms with E-state index in [9.17, 15) is 9.90 Å². The normalized spacial score (nSPS) is 21.7. The summed E-state index contributed by atoms with van der Waals surface area (Å²) in [5.74, 6) is 2.29.